The predicted molar refractivity (Wildman–Crippen MR) is 36.5 cm³/mol. The van der Waals surface area contributed by atoms with Crippen molar-refractivity contribution in [2.45, 2.75) is 32.1 Å². The van der Waals surface area contributed by atoms with Crippen LogP contribution in [0.3, 0.4) is 0 Å². The Balaban J connectivity index is 2.22. The standard InChI is InChI=1S/C8H13/c1-2-8-6-4-3-5-7-8/h2H,1,3-7H2/q-1. The van der Waals surface area contributed by atoms with E-state index < -0.39 is 0 Å². The van der Waals surface area contributed by atoms with Crippen LogP contribution in [0.2, 0.25) is 0 Å². The lowest BCUT2D eigenvalue weighted by Gasteiger charge is -2.25. The molecule has 0 radical (unpaired) electrons. The molecule has 0 aromatic heterocycles. The Morgan fingerprint density at radius 1 is 1.12 bits per heavy atom. The first-order valence-corrected chi connectivity index (χ1v) is 3.40. The highest BCUT2D eigenvalue weighted by molar-refractivity contribution is 5.06. The smallest absolute Gasteiger partial charge is 0.0555 e. The summed E-state index contributed by atoms with van der Waals surface area (Å²) >= 11 is 0. The fourth-order valence-corrected chi connectivity index (χ4v) is 1.21. The van der Waals surface area contributed by atoms with Gasteiger partial charge in [0.15, 0.2) is 0 Å². The van der Waals surface area contributed by atoms with Crippen molar-refractivity contribution in [3.05, 3.63) is 18.6 Å². The van der Waals surface area contributed by atoms with E-state index in [1.807, 2.05) is 6.08 Å². The summed E-state index contributed by atoms with van der Waals surface area (Å²) in [6.07, 6.45) is 8.85. The van der Waals surface area contributed by atoms with Gasteiger partial charge in [-0.25, -0.2) is 18.6 Å². The molecule has 0 aliphatic heterocycles. The largest absolute Gasteiger partial charge is 0.245 e. The fraction of sp³-hybridized carbons (Fsp3) is 0.625. The van der Waals surface area contributed by atoms with E-state index in [1.165, 1.54) is 32.1 Å². The first kappa shape index (κ1) is 5.74. The maximum Gasteiger partial charge on any atom is -0.0555 e. The van der Waals surface area contributed by atoms with Crippen LogP contribution in [0.15, 0.2) is 12.7 Å². The summed E-state index contributed by atoms with van der Waals surface area (Å²) < 4.78 is 0. The van der Waals surface area contributed by atoms with Gasteiger partial charge in [-0.1, -0.05) is 32.1 Å². The summed E-state index contributed by atoms with van der Waals surface area (Å²) in [7, 11) is 0. The maximum atomic E-state index is 3.75. The van der Waals surface area contributed by atoms with Crippen LogP contribution in [-0.4, -0.2) is 0 Å². The third kappa shape index (κ3) is 1.29. The zero-order valence-corrected chi connectivity index (χ0v) is 5.32. The summed E-state index contributed by atoms with van der Waals surface area (Å²) in [5.41, 5.74) is 0. The number of rotatable bonds is 1. The van der Waals surface area contributed by atoms with E-state index in [4.69, 9.17) is 0 Å². The number of hydrogen-bond acceptors (Lipinski definition) is 0. The van der Waals surface area contributed by atoms with Crippen LogP contribution in [0.4, 0.5) is 0 Å². The van der Waals surface area contributed by atoms with E-state index in [2.05, 4.69) is 6.58 Å². The SMILES string of the molecule is C=C[C-]1CCCCC1. The van der Waals surface area contributed by atoms with Crippen LogP contribution < -0.4 is 0 Å². The highest BCUT2D eigenvalue weighted by atomic mass is 14.1. The molecule has 1 aliphatic carbocycles. The molecule has 0 bridgehead atoms. The molecule has 1 aliphatic rings. The molecule has 1 rings (SSSR count). The van der Waals surface area contributed by atoms with E-state index in [0.717, 1.165) is 0 Å². The first-order valence-electron chi connectivity index (χ1n) is 3.40. The highest BCUT2D eigenvalue weighted by Gasteiger charge is 2.00. The minimum Gasteiger partial charge on any atom is -0.245 e. The third-order valence-electron chi connectivity index (χ3n) is 1.78. The Morgan fingerprint density at radius 3 is 2.12 bits per heavy atom. The van der Waals surface area contributed by atoms with Gasteiger partial charge in [-0.3, -0.25) is 0 Å². The van der Waals surface area contributed by atoms with Crippen molar-refractivity contribution in [2.75, 3.05) is 0 Å². The lowest BCUT2D eigenvalue weighted by atomic mass is 9.90. The van der Waals surface area contributed by atoms with Gasteiger partial charge in [0.25, 0.3) is 0 Å². The molecule has 0 heteroatoms. The van der Waals surface area contributed by atoms with Crippen molar-refractivity contribution in [2.24, 2.45) is 0 Å². The molecule has 8 heavy (non-hydrogen) atoms. The van der Waals surface area contributed by atoms with Gasteiger partial charge in [0.05, 0.1) is 0 Å². The molecule has 1 fully saturated rings. The summed E-state index contributed by atoms with van der Waals surface area (Å²) in [4.78, 5) is 0. The normalized spacial score (nSPS) is 20.8. The zero-order valence-electron chi connectivity index (χ0n) is 5.32. The van der Waals surface area contributed by atoms with Crippen molar-refractivity contribution in [1.82, 2.24) is 0 Å². The molecule has 0 amide bonds. The first-order chi connectivity index (χ1) is 3.93. The molecule has 0 saturated heterocycles. The molecule has 0 spiro atoms. The summed E-state index contributed by atoms with van der Waals surface area (Å²) in [6, 6.07) is 0. The van der Waals surface area contributed by atoms with Gasteiger partial charge < -0.3 is 0 Å². The van der Waals surface area contributed by atoms with Gasteiger partial charge in [0.1, 0.15) is 0 Å². The quantitative estimate of drug-likeness (QED) is 0.454. The van der Waals surface area contributed by atoms with Crippen molar-refractivity contribution < 1.29 is 0 Å². The average Bonchev–Trinajstić information content (AvgIpc) is 1.90. The Bertz CT molecular complexity index is 68.1. The van der Waals surface area contributed by atoms with Crippen LogP contribution in [0.25, 0.3) is 0 Å². The van der Waals surface area contributed by atoms with E-state index in [9.17, 15) is 0 Å². The van der Waals surface area contributed by atoms with Gasteiger partial charge in [-0.15, -0.1) is 0 Å². The lowest BCUT2D eigenvalue weighted by molar-refractivity contribution is 0.557. The predicted octanol–water partition coefficient (Wildman–Crippen LogP) is 2.71. The van der Waals surface area contributed by atoms with Gasteiger partial charge in [-0.05, 0) is 0 Å². The number of allylic oxidation sites excluding steroid dienone is 1. The second-order valence-electron chi connectivity index (χ2n) is 2.42. The topological polar surface area (TPSA) is 0 Å². The molecule has 0 aromatic rings. The molecule has 0 N–H and O–H groups in total. The van der Waals surface area contributed by atoms with Crippen LogP contribution in [0.5, 0.6) is 0 Å². The lowest BCUT2D eigenvalue weighted by Crippen LogP contribution is -1.99. The molecule has 0 unspecified atom stereocenters. The Labute approximate surface area is 51.6 Å². The minimum atomic E-state index is 1.31. The van der Waals surface area contributed by atoms with Crippen LogP contribution in [0.1, 0.15) is 32.1 Å². The average molecular weight is 109 g/mol. The Morgan fingerprint density at radius 2 is 1.75 bits per heavy atom. The van der Waals surface area contributed by atoms with E-state index in [-0.39, 0.29) is 0 Å². The van der Waals surface area contributed by atoms with E-state index >= 15 is 0 Å². The second-order valence-corrected chi connectivity index (χ2v) is 2.42. The van der Waals surface area contributed by atoms with Gasteiger partial charge in [0, 0.05) is 0 Å². The highest BCUT2D eigenvalue weighted by Crippen LogP contribution is 2.25. The van der Waals surface area contributed by atoms with Crippen LogP contribution in [0, 0.1) is 5.92 Å². The maximum absolute atomic E-state index is 3.75. The Hall–Kier alpha value is -0.390. The number of hydrogen-bond donors (Lipinski definition) is 0. The molecule has 46 valence electrons. The molecular formula is C8H13-. The van der Waals surface area contributed by atoms with Crippen LogP contribution in [-0.2, 0) is 0 Å². The molecule has 1 saturated carbocycles. The van der Waals surface area contributed by atoms with Gasteiger partial charge in [-0.2, -0.15) is 0 Å². The molecular weight excluding hydrogens is 96.1 g/mol. The molecule has 0 nitrogen and oxygen atoms in total. The minimum absolute atomic E-state index is 1.31. The van der Waals surface area contributed by atoms with Crippen molar-refractivity contribution in [3.8, 4) is 0 Å². The second kappa shape index (κ2) is 2.81. The van der Waals surface area contributed by atoms with Crippen molar-refractivity contribution in [3.63, 3.8) is 0 Å². The van der Waals surface area contributed by atoms with Gasteiger partial charge in [0.2, 0.25) is 0 Å². The van der Waals surface area contributed by atoms with E-state index in [1.54, 1.807) is 5.92 Å². The van der Waals surface area contributed by atoms with Crippen molar-refractivity contribution >= 4 is 0 Å². The van der Waals surface area contributed by atoms with Crippen molar-refractivity contribution in [1.29, 1.82) is 0 Å². The fourth-order valence-electron chi connectivity index (χ4n) is 1.21. The van der Waals surface area contributed by atoms with Crippen LogP contribution >= 0.6 is 0 Å². The molecule has 0 atom stereocenters. The summed E-state index contributed by atoms with van der Waals surface area (Å²) in [6.45, 7) is 3.75. The summed E-state index contributed by atoms with van der Waals surface area (Å²) in [5.74, 6) is 1.57. The van der Waals surface area contributed by atoms with E-state index in [0.29, 0.717) is 0 Å². The zero-order chi connectivity index (χ0) is 5.82. The molecule has 0 aromatic carbocycles. The third-order valence-corrected chi connectivity index (χ3v) is 1.78. The monoisotopic (exact) mass is 109 g/mol. The Kier molecular flexibility index (Phi) is 2.01. The van der Waals surface area contributed by atoms with Gasteiger partial charge >= 0.3 is 0 Å². The summed E-state index contributed by atoms with van der Waals surface area (Å²) in [5, 5.41) is 0. The molecule has 0 heterocycles.